The van der Waals surface area contributed by atoms with E-state index in [9.17, 15) is 9.18 Å². The van der Waals surface area contributed by atoms with Crippen molar-refractivity contribution in [2.45, 2.75) is 39.3 Å². The Morgan fingerprint density at radius 1 is 1.12 bits per heavy atom. The zero-order valence-corrected chi connectivity index (χ0v) is 20.2. The van der Waals surface area contributed by atoms with Gasteiger partial charge in [-0.05, 0) is 42.4 Å². The van der Waals surface area contributed by atoms with Gasteiger partial charge in [-0.3, -0.25) is 4.79 Å². The number of hydrogen-bond donors (Lipinski definition) is 1. The second kappa shape index (κ2) is 9.24. The van der Waals surface area contributed by atoms with Crippen LogP contribution >= 0.6 is 0 Å². The minimum absolute atomic E-state index is 0.209. The average molecular weight is 467 g/mol. The van der Waals surface area contributed by atoms with E-state index >= 15 is 0 Å². The van der Waals surface area contributed by atoms with Gasteiger partial charge in [0.2, 0.25) is 5.91 Å². The molecule has 0 aliphatic rings. The molecule has 0 unspecified atom stereocenters. The number of carbonyl (C=O) groups excluding carboxylic acids is 1. The van der Waals surface area contributed by atoms with Crippen LogP contribution in [0.25, 0.3) is 28.2 Å². The number of aromatic nitrogens is 5. The highest BCUT2D eigenvalue weighted by molar-refractivity contribution is 6.76. The normalized spacial score (nSPS) is 11.8. The number of carbonyl (C=O) groups is 1. The van der Waals surface area contributed by atoms with E-state index in [0.29, 0.717) is 36.2 Å². The third-order valence-corrected chi connectivity index (χ3v) is 6.75. The lowest BCUT2D eigenvalue weighted by Gasteiger charge is -2.15. The highest BCUT2D eigenvalue weighted by Gasteiger charge is 2.17. The number of halogens is 1. The third kappa shape index (κ3) is 5.52. The van der Waals surface area contributed by atoms with E-state index in [0.717, 1.165) is 17.2 Å². The smallest absolute Gasteiger partial charge is 0.222 e. The van der Waals surface area contributed by atoms with Gasteiger partial charge < -0.3 is 10.1 Å². The maximum absolute atomic E-state index is 13.5. The SMILES string of the molecule is CC(=O)Nc1cnc2ccc(-c3cn(COCC[Si](C)(C)C)nc3-c3ccc(F)cc3)nn12. The van der Waals surface area contributed by atoms with E-state index in [1.54, 1.807) is 27.5 Å². The number of fused-ring (bicyclic) bond motifs is 1. The number of nitrogens with one attached hydrogen (secondary N) is 1. The number of benzene rings is 1. The number of anilines is 1. The zero-order valence-electron chi connectivity index (χ0n) is 19.2. The fraction of sp³-hybridized carbons (Fsp3) is 0.304. The number of nitrogens with zero attached hydrogens (tertiary/aromatic N) is 5. The number of amides is 1. The summed E-state index contributed by atoms with van der Waals surface area (Å²) in [6, 6.07) is 10.9. The van der Waals surface area contributed by atoms with E-state index in [1.165, 1.54) is 19.1 Å². The first-order chi connectivity index (χ1) is 15.7. The Morgan fingerprint density at radius 3 is 2.58 bits per heavy atom. The largest absolute Gasteiger partial charge is 0.360 e. The van der Waals surface area contributed by atoms with E-state index in [4.69, 9.17) is 9.84 Å². The lowest BCUT2D eigenvalue weighted by Crippen LogP contribution is -2.22. The fourth-order valence-corrected chi connectivity index (χ4v) is 4.07. The van der Waals surface area contributed by atoms with Crippen LogP contribution in [0.5, 0.6) is 0 Å². The Balaban J connectivity index is 1.70. The molecule has 0 fully saturated rings. The fourth-order valence-electron chi connectivity index (χ4n) is 3.31. The molecule has 1 aromatic carbocycles. The summed E-state index contributed by atoms with van der Waals surface area (Å²) in [6.45, 7) is 9.34. The van der Waals surface area contributed by atoms with Crippen LogP contribution in [0.15, 0.2) is 48.8 Å². The number of rotatable bonds is 8. The molecule has 172 valence electrons. The molecular weight excluding hydrogens is 439 g/mol. The molecule has 1 amide bonds. The van der Waals surface area contributed by atoms with Crippen molar-refractivity contribution in [3.63, 3.8) is 0 Å². The van der Waals surface area contributed by atoms with Gasteiger partial charge in [0, 0.05) is 38.9 Å². The van der Waals surface area contributed by atoms with Crippen molar-refractivity contribution >= 4 is 25.4 Å². The molecule has 0 atom stereocenters. The maximum atomic E-state index is 13.5. The minimum Gasteiger partial charge on any atom is -0.360 e. The van der Waals surface area contributed by atoms with Gasteiger partial charge in [0.15, 0.2) is 11.5 Å². The summed E-state index contributed by atoms with van der Waals surface area (Å²) in [6.07, 6.45) is 3.43. The quantitative estimate of drug-likeness (QED) is 0.301. The predicted molar refractivity (Wildman–Crippen MR) is 128 cm³/mol. The van der Waals surface area contributed by atoms with Crippen molar-refractivity contribution in [1.29, 1.82) is 0 Å². The molecule has 10 heteroatoms. The second-order valence-corrected chi connectivity index (χ2v) is 14.7. The van der Waals surface area contributed by atoms with Gasteiger partial charge in [-0.15, -0.1) is 0 Å². The van der Waals surface area contributed by atoms with Crippen molar-refractivity contribution in [2.24, 2.45) is 0 Å². The van der Waals surface area contributed by atoms with Crippen LogP contribution in [-0.2, 0) is 16.3 Å². The molecule has 0 radical (unpaired) electrons. The molecule has 3 aromatic heterocycles. The molecule has 0 bridgehead atoms. The van der Waals surface area contributed by atoms with Crippen LogP contribution in [0.1, 0.15) is 6.92 Å². The van der Waals surface area contributed by atoms with Crippen LogP contribution < -0.4 is 5.32 Å². The summed E-state index contributed by atoms with van der Waals surface area (Å²) in [5.74, 6) is -0.0450. The Kier molecular flexibility index (Phi) is 6.39. The summed E-state index contributed by atoms with van der Waals surface area (Å²) in [5, 5.41) is 12.1. The molecule has 8 nitrogen and oxygen atoms in total. The molecule has 0 saturated heterocycles. The van der Waals surface area contributed by atoms with Crippen molar-refractivity contribution in [3.05, 3.63) is 54.6 Å². The van der Waals surface area contributed by atoms with Crippen LogP contribution in [0, 0.1) is 5.82 Å². The average Bonchev–Trinajstić information content (AvgIpc) is 3.35. The Bertz CT molecular complexity index is 1280. The van der Waals surface area contributed by atoms with Gasteiger partial charge in [-0.1, -0.05) is 19.6 Å². The molecule has 0 aliphatic carbocycles. The molecule has 0 aliphatic heterocycles. The summed E-state index contributed by atoms with van der Waals surface area (Å²) >= 11 is 0. The summed E-state index contributed by atoms with van der Waals surface area (Å²) < 4.78 is 22.7. The standard InChI is InChI=1S/C23H27FN6O2Si/c1-16(31)26-22-13-25-21-10-9-20(27-30(21)22)19-14-29(15-32-11-12-33(2,3)4)28-23(19)17-5-7-18(24)8-6-17/h5-10,13-14H,11-12,15H2,1-4H3,(H,26,31). The van der Waals surface area contributed by atoms with Crippen LogP contribution in [0.4, 0.5) is 10.2 Å². The first-order valence-corrected chi connectivity index (χ1v) is 14.4. The molecule has 0 saturated carbocycles. The number of ether oxygens (including phenoxy) is 1. The van der Waals surface area contributed by atoms with Crippen LogP contribution in [0.2, 0.25) is 25.7 Å². The van der Waals surface area contributed by atoms with E-state index < -0.39 is 8.07 Å². The van der Waals surface area contributed by atoms with Crippen LogP contribution in [0.3, 0.4) is 0 Å². The highest BCUT2D eigenvalue weighted by atomic mass is 28.3. The monoisotopic (exact) mass is 466 g/mol. The van der Waals surface area contributed by atoms with Gasteiger partial charge in [-0.25, -0.2) is 14.1 Å². The van der Waals surface area contributed by atoms with Gasteiger partial charge in [-0.2, -0.15) is 14.7 Å². The second-order valence-electron chi connectivity index (χ2n) is 9.10. The molecule has 0 spiro atoms. The maximum Gasteiger partial charge on any atom is 0.222 e. The van der Waals surface area contributed by atoms with Crippen molar-refractivity contribution < 1.29 is 13.9 Å². The number of hydrogen-bond acceptors (Lipinski definition) is 5. The van der Waals surface area contributed by atoms with Crippen molar-refractivity contribution in [2.75, 3.05) is 11.9 Å². The molecule has 33 heavy (non-hydrogen) atoms. The van der Waals surface area contributed by atoms with Crippen molar-refractivity contribution in [3.8, 4) is 22.5 Å². The summed E-state index contributed by atoms with van der Waals surface area (Å²) in [7, 11) is -1.19. The van der Waals surface area contributed by atoms with Gasteiger partial charge in [0.05, 0.1) is 11.9 Å². The highest BCUT2D eigenvalue weighted by Crippen LogP contribution is 2.30. The van der Waals surface area contributed by atoms with Gasteiger partial charge in [0.25, 0.3) is 0 Å². The number of imidazole rings is 1. The first kappa shape index (κ1) is 22.8. The lowest BCUT2D eigenvalue weighted by atomic mass is 10.1. The van der Waals surface area contributed by atoms with Gasteiger partial charge >= 0.3 is 0 Å². The molecule has 4 aromatic rings. The molecule has 3 heterocycles. The Hall–Kier alpha value is -3.37. The van der Waals surface area contributed by atoms with Gasteiger partial charge in [0.1, 0.15) is 18.2 Å². The molecule has 1 N–H and O–H groups in total. The predicted octanol–water partition coefficient (Wildman–Crippen LogP) is 4.67. The molecule has 4 rings (SSSR count). The minimum atomic E-state index is -1.19. The van der Waals surface area contributed by atoms with E-state index in [-0.39, 0.29) is 11.7 Å². The van der Waals surface area contributed by atoms with Crippen molar-refractivity contribution in [1.82, 2.24) is 24.4 Å². The van der Waals surface area contributed by atoms with E-state index in [1.807, 2.05) is 18.3 Å². The Labute approximate surface area is 192 Å². The third-order valence-electron chi connectivity index (χ3n) is 5.04. The summed E-state index contributed by atoms with van der Waals surface area (Å²) in [5.41, 5.74) is 3.44. The topological polar surface area (TPSA) is 86.3 Å². The lowest BCUT2D eigenvalue weighted by molar-refractivity contribution is -0.114. The molecular formula is C23H27FN6O2Si. The zero-order chi connectivity index (χ0) is 23.6. The van der Waals surface area contributed by atoms with Crippen LogP contribution in [-0.4, -0.2) is 45.0 Å². The Morgan fingerprint density at radius 2 is 1.88 bits per heavy atom. The van der Waals surface area contributed by atoms with E-state index in [2.05, 4.69) is 35.0 Å². The summed E-state index contributed by atoms with van der Waals surface area (Å²) in [4.78, 5) is 15.8. The first-order valence-electron chi connectivity index (χ1n) is 10.7.